The van der Waals surface area contributed by atoms with Crippen molar-refractivity contribution in [2.45, 2.75) is 25.8 Å². The largest absolute Gasteiger partial charge is 0.355 e. The zero-order valence-electron chi connectivity index (χ0n) is 13.0. The van der Waals surface area contributed by atoms with E-state index in [1.807, 2.05) is 18.2 Å². The second-order valence-corrected chi connectivity index (χ2v) is 6.20. The van der Waals surface area contributed by atoms with Crippen molar-refractivity contribution in [3.05, 3.63) is 30.1 Å². The lowest BCUT2D eigenvalue weighted by molar-refractivity contribution is -0.119. The molecule has 0 radical (unpaired) electrons. The summed E-state index contributed by atoms with van der Waals surface area (Å²) in [5, 5.41) is 6.36. The molecular weight excluding hydrogens is 278 g/mol. The van der Waals surface area contributed by atoms with Crippen molar-refractivity contribution in [2.24, 2.45) is 10.4 Å². The van der Waals surface area contributed by atoms with Gasteiger partial charge >= 0.3 is 0 Å². The van der Waals surface area contributed by atoms with Crippen molar-refractivity contribution >= 4 is 11.9 Å². The van der Waals surface area contributed by atoms with Crippen LogP contribution in [0.25, 0.3) is 0 Å². The van der Waals surface area contributed by atoms with Gasteiger partial charge in [-0.15, -0.1) is 0 Å². The van der Waals surface area contributed by atoms with Crippen LogP contribution in [0.15, 0.2) is 29.4 Å². The van der Waals surface area contributed by atoms with Crippen molar-refractivity contribution < 1.29 is 4.79 Å². The summed E-state index contributed by atoms with van der Waals surface area (Å²) in [5.41, 5.74) is 1.07. The summed E-state index contributed by atoms with van der Waals surface area (Å²) in [6.45, 7) is 3.32. The quantitative estimate of drug-likeness (QED) is 0.625. The lowest BCUT2D eigenvalue weighted by Crippen LogP contribution is -2.51. The molecule has 118 valence electrons. The highest BCUT2D eigenvalue weighted by Crippen LogP contribution is 2.35. The van der Waals surface area contributed by atoms with Crippen LogP contribution in [0.4, 0.5) is 0 Å². The number of nitrogens with one attached hydrogen (secondary N) is 2. The van der Waals surface area contributed by atoms with Crippen LogP contribution in [0, 0.1) is 5.41 Å². The van der Waals surface area contributed by atoms with Gasteiger partial charge in [0.15, 0.2) is 5.96 Å². The third-order valence-corrected chi connectivity index (χ3v) is 4.52. The van der Waals surface area contributed by atoms with E-state index in [1.54, 1.807) is 13.2 Å². The number of hydrogen-bond acceptors (Lipinski definition) is 3. The first-order valence-corrected chi connectivity index (χ1v) is 7.83. The molecule has 0 aliphatic carbocycles. The Labute approximate surface area is 131 Å². The molecule has 6 nitrogen and oxygen atoms in total. The van der Waals surface area contributed by atoms with Gasteiger partial charge in [-0.3, -0.25) is 14.8 Å². The number of aliphatic imine (C=N–C) groups is 1. The Morgan fingerprint density at radius 3 is 3.14 bits per heavy atom. The summed E-state index contributed by atoms with van der Waals surface area (Å²) in [6, 6.07) is 5.90. The van der Waals surface area contributed by atoms with E-state index < -0.39 is 0 Å². The molecule has 1 spiro atoms. The van der Waals surface area contributed by atoms with Crippen molar-refractivity contribution in [3.8, 4) is 0 Å². The standard InChI is InChI=1S/C16H23N5O/c1-17-15(19-10-13-5-2-3-7-18-13)21-8-4-6-16(12-21)9-14(22)20-11-16/h2-3,5,7H,4,6,8-12H2,1H3,(H,17,19)(H,20,22). The van der Waals surface area contributed by atoms with E-state index in [9.17, 15) is 4.79 Å². The SMILES string of the molecule is CN=C(NCc1ccccn1)N1CCCC2(CNC(=O)C2)C1. The molecule has 2 N–H and O–H groups in total. The molecule has 2 aliphatic rings. The van der Waals surface area contributed by atoms with Crippen molar-refractivity contribution in [2.75, 3.05) is 26.7 Å². The molecule has 1 aromatic rings. The molecule has 0 bridgehead atoms. The number of carbonyl (C=O) groups excluding carboxylic acids is 1. The summed E-state index contributed by atoms with van der Waals surface area (Å²) in [7, 11) is 1.81. The molecule has 1 aromatic heterocycles. The van der Waals surface area contributed by atoms with E-state index in [-0.39, 0.29) is 11.3 Å². The summed E-state index contributed by atoms with van der Waals surface area (Å²) in [5.74, 6) is 1.07. The van der Waals surface area contributed by atoms with Crippen molar-refractivity contribution in [1.29, 1.82) is 0 Å². The molecule has 2 aliphatic heterocycles. The molecular formula is C16H23N5O. The first-order chi connectivity index (χ1) is 10.7. The van der Waals surface area contributed by atoms with Crippen LogP contribution in [0.2, 0.25) is 0 Å². The Balaban J connectivity index is 1.62. The third-order valence-electron chi connectivity index (χ3n) is 4.52. The minimum atomic E-state index is 0.0813. The number of nitrogens with zero attached hydrogens (tertiary/aromatic N) is 3. The predicted molar refractivity (Wildman–Crippen MR) is 85.3 cm³/mol. The first kappa shape index (κ1) is 14.8. The number of rotatable bonds is 2. The molecule has 2 fully saturated rings. The van der Waals surface area contributed by atoms with E-state index in [2.05, 4.69) is 25.5 Å². The van der Waals surface area contributed by atoms with Gasteiger partial charge in [-0.25, -0.2) is 0 Å². The first-order valence-electron chi connectivity index (χ1n) is 7.83. The fourth-order valence-electron chi connectivity index (χ4n) is 3.43. The molecule has 3 rings (SSSR count). The topological polar surface area (TPSA) is 69.6 Å². The average Bonchev–Trinajstić information content (AvgIpc) is 2.89. The Morgan fingerprint density at radius 2 is 2.45 bits per heavy atom. The van der Waals surface area contributed by atoms with Crippen LogP contribution in [0.3, 0.4) is 0 Å². The van der Waals surface area contributed by atoms with Gasteiger partial charge in [0.2, 0.25) is 5.91 Å². The number of hydrogen-bond donors (Lipinski definition) is 2. The number of amides is 1. The van der Waals surface area contributed by atoms with Crippen LogP contribution in [0.1, 0.15) is 25.0 Å². The van der Waals surface area contributed by atoms with Gasteiger partial charge in [-0.1, -0.05) is 6.07 Å². The Morgan fingerprint density at radius 1 is 1.55 bits per heavy atom. The number of carbonyl (C=O) groups is 1. The molecule has 6 heteroatoms. The average molecular weight is 301 g/mol. The summed E-state index contributed by atoms with van der Waals surface area (Å²) >= 11 is 0. The molecule has 1 unspecified atom stereocenters. The van der Waals surface area contributed by atoms with Crippen LogP contribution < -0.4 is 10.6 Å². The van der Waals surface area contributed by atoms with Gasteiger partial charge in [0.1, 0.15) is 0 Å². The number of piperidine rings is 1. The smallest absolute Gasteiger partial charge is 0.220 e. The Kier molecular flexibility index (Phi) is 4.27. The van der Waals surface area contributed by atoms with Crippen LogP contribution in [-0.2, 0) is 11.3 Å². The summed E-state index contributed by atoms with van der Waals surface area (Å²) in [6.07, 6.45) is 4.64. The zero-order chi connectivity index (χ0) is 15.4. The molecule has 3 heterocycles. The molecule has 1 amide bonds. The van der Waals surface area contributed by atoms with E-state index >= 15 is 0 Å². The third kappa shape index (κ3) is 3.21. The lowest BCUT2D eigenvalue weighted by atomic mass is 9.79. The molecule has 0 saturated carbocycles. The second-order valence-electron chi connectivity index (χ2n) is 6.20. The van der Waals surface area contributed by atoms with Crippen molar-refractivity contribution in [1.82, 2.24) is 20.5 Å². The summed E-state index contributed by atoms with van der Waals surface area (Å²) in [4.78, 5) is 22.6. The maximum absolute atomic E-state index is 11.6. The maximum Gasteiger partial charge on any atom is 0.220 e. The van der Waals surface area contributed by atoms with Crippen molar-refractivity contribution in [3.63, 3.8) is 0 Å². The van der Waals surface area contributed by atoms with E-state index in [0.717, 1.165) is 44.1 Å². The molecule has 1 atom stereocenters. The highest BCUT2D eigenvalue weighted by Gasteiger charge is 2.42. The second kappa shape index (κ2) is 6.34. The Hall–Kier alpha value is -2.11. The number of guanidine groups is 1. The van der Waals surface area contributed by atoms with Crippen LogP contribution in [-0.4, -0.2) is 48.4 Å². The fraction of sp³-hybridized carbons (Fsp3) is 0.562. The fourth-order valence-corrected chi connectivity index (χ4v) is 3.43. The summed E-state index contributed by atoms with van der Waals surface area (Å²) < 4.78 is 0. The van der Waals surface area contributed by atoms with Gasteiger partial charge in [0.25, 0.3) is 0 Å². The highest BCUT2D eigenvalue weighted by molar-refractivity contribution is 5.81. The maximum atomic E-state index is 11.6. The molecule has 22 heavy (non-hydrogen) atoms. The van der Waals surface area contributed by atoms with Gasteiger partial charge < -0.3 is 15.5 Å². The van der Waals surface area contributed by atoms with Gasteiger partial charge in [-0.05, 0) is 25.0 Å². The van der Waals surface area contributed by atoms with Gasteiger partial charge in [0, 0.05) is 44.7 Å². The van der Waals surface area contributed by atoms with Crippen LogP contribution >= 0.6 is 0 Å². The number of aromatic nitrogens is 1. The molecule has 0 aromatic carbocycles. The number of likely N-dealkylation sites (tertiary alicyclic amines) is 1. The minimum absolute atomic E-state index is 0.0813. The number of pyridine rings is 1. The zero-order valence-corrected chi connectivity index (χ0v) is 13.0. The monoisotopic (exact) mass is 301 g/mol. The molecule has 2 saturated heterocycles. The van der Waals surface area contributed by atoms with Gasteiger partial charge in [0.05, 0.1) is 12.2 Å². The van der Waals surface area contributed by atoms with E-state index in [4.69, 9.17) is 0 Å². The van der Waals surface area contributed by atoms with E-state index in [1.165, 1.54) is 0 Å². The van der Waals surface area contributed by atoms with E-state index in [0.29, 0.717) is 13.0 Å². The predicted octanol–water partition coefficient (Wildman–Crippen LogP) is 0.759. The van der Waals surface area contributed by atoms with Gasteiger partial charge in [-0.2, -0.15) is 0 Å². The lowest BCUT2D eigenvalue weighted by Gasteiger charge is -2.40. The normalized spacial score (nSPS) is 25.4. The van der Waals surface area contributed by atoms with Crippen LogP contribution in [0.5, 0.6) is 0 Å². The minimum Gasteiger partial charge on any atom is -0.355 e. The Bertz CT molecular complexity index is 559. The highest BCUT2D eigenvalue weighted by atomic mass is 16.1.